The third kappa shape index (κ3) is 3.24. The van der Waals surface area contributed by atoms with E-state index in [-0.39, 0.29) is 11.7 Å². The highest BCUT2D eigenvalue weighted by atomic mass is 19.3. The molecule has 0 heterocycles. The van der Waals surface area contributed by atoms with Gasteiger partial charge in [0.1, 0.15) is 0 Å². The first-order valence-corrected chi connectivity index (χ1v) is 6.27. The van der Waals surface area contributed by atoms with Gasteiger partial charge in [-0.05, 0) is 25.7 Å². The fraction of sp³-hybridized carbons (Fsp3) is 0.538. The normalized spacial score (nSPS) is 17.1. The number of anilines is 2. The first-order chi connectivity index (χ1) is 8.97. The summed E-state index contributed by atoms with van der Waals surface area (Å²) in [5.41, 5.74) is 6.30. The van der Waals surface area contributed by atoms with E-state index < -0.39 is 18.2 Å². The van der Waals surface area contributed by atoms with Gasteiger partial charge in [-0.3, -0.25) is 0 Å². The maximum absolute atomic E-state index is 13.4. The molecule has 1 aromatic rings. The topological polar surface area (TPSA) is 47.3 Å². The molecule has 0 aliphatic heterocycles. The van der Waals surface area contributed by atoms with Gasteiger partial charge in [0.05, 0.1) is 11.4 Å². The molecule has 0 aromatic heterocycles. The monoisotopic (exact) mass is 274 g/mol. The molecule has 1 aliphatic carbocycles. The van der Waals surface area contributed by atoms with E-state index in [9.17, 15) is 13.2 Å². The number of halogens is 3. The quantitative estimate of drug-likeness (QED) is 0.806. The SMILES string of the molecule is CC(Nc1cc(OC(F)F)c(F)cc1N)C1CCC1. The summed E-state index contributed by atoms with van der Waals surface area (Å²) in [5.74, 6) is -0.837. The van der Waals surface area contributed by atoms with Crippen molar-refractivity contribution in [1.29, 1.82) is 0 Å². The molecular formula is C13H17F3N2O. The van der Waals surface area contributed by atoms with Gasteiger partial charge in [-0.1, -0.05) is 6.42 Å². The van der Waals surface area contributed by atoms with Crippen molar-refractivity contribution in [3.63, 3.8) is 0 Å². The molecule has 0 radical (unpaired) electrons. The maximum atomic E-state index is 13.4. The summed E-state index contributed by atoms with van der Waals surface area (Å²) in [4.78, 5) is 0. The zero-order chi connectivity index (χ0) is 14.0. The minimum Gasteiger partial charge on any atom is -0.432 e. The Morgan fingerprint density at radius 1 is 1.37 bits per heavy atom. The number of nitrogens with two attached hydrogens (primary N) is 1. The predicted molar refractivity (Wildman–Crippen MR) is 67.9 cm³/mol. The molecular weight excluding hydrogens is 257 g/mol. The maximum Gasteiger partial charge on any atom is 0.387 e. The number of nitrogen functional groups attached to an aromatic ring is 1. The Hall–Kier alpha value is -1.59. The van der Waals surface area contributed by atoms with Crippen molar-refractivity contribution in [2.75, 3.05) is 11.1 Å². The van der Waals surface area contributed by atoms with E-state index in [2.05, 4.69) is 10.1 Å². The van der Waals surface area contributed by atoms with E-state index in [1.165, 1.54) is 12.5 Å². The van der Waals surface area contributed by atoms with Crippen molar-refractivity contribution < 1.29 is 17.9 Å². The second kappa shape index (κ2) is 5.59. The van der Waals surface area contributed by atoms with E-state index in [0.717, 1.165) is 18.9 Å². The summed E-state index contributed by atoms with van der Waals surface area (Å²) in [6, 6.07) is 2.35. The van der Waals surface area contributed by atoms with Gasteiger partial charge in [0.25, 0.3) is 0 Å². The second-order valence-corrected chi connectivity index (χ2v) is 4.87. The highest BCUT2D eigenvalue weighted by molar-refractivity contribution is 5.69. The van der Waals surface area contributed by atoms with Crippen LogP contribution >= 0.6 is 0 Å². The highest BCUT2D eigenvalue weighted by Crippen LogP contribution is 2.34. The van der Waals surface area contributed by atoms with E-state index in [0.29, 0.717) is 11.6 Å². The van der Waals surface area contributed by atoms with Crippen LogP contribution in [0.3, 0.4) is 0 Å². The lowest BCUT2D eigenvalue weighted by Crippen LogP contribution is -2.31. The summed E-state index contributed by atoms with van der Waals surface area (Å²) in [6.07, 6.45) is 3.47. The van der Waals surface area contributed by atoms with Crippen LogP contribution in [0.25, 0.3) is 0 Å². The van der Waals surface area contributed by atoms with Crippen LogP contribution in [0.15, 0.2) is 12.1 Å². The molecule has 1 fully saturated rings. The summed E-state index contributed by atoms with van der Waals surface area (Å²) >= 11 is 0. The highest BCUT2D eigenvalue weighted by Gasteiger charge is 2.24. The van der Waals surface area contributed by atoms with Crippen molar-refractivity contribution in [2.45, 2.75) is 38.8 Å². The van der Waals surface area contributed by atoms with Crippen LogP contribution in [0.2, 0.25) is 0 Å². The Bertz CT molecular complexity index is 450. The molecule has 2 rings (SSSR count). The van der Waals surface area contributed by atoms with E-state index in [1.807, 2.05) is 6.92 Å². The van der Waals surface area contributed by atoms with Crippen LogP contribution in [0.1, 0.15) is 26.2 Å². The summed E-state index contributed by atoms with van der Waals surface area (Å²) < 4.78 is 41.8. The van der Waals surface area contributed by atoms with E-state index in [4.69, 9.17) is 5.73 Å². The zero-order valence-corrected chi connectivity index (χ0v) is 10.6. The predicted octanol–water partition coefficient (Wildman–Crippen LogP) is 3.61. The van der Waals surface area contributed by atoms with Crippen LogP contribution in [0.5, 0.6) is 5.75 Å². The van der Waals surface area contributed by atoms with Crippen molar-refractivity contribution in [1.82, 2.24) is 0 Å². The average Bonchev–Trinajstić information content (AvgIpc) is 2.21. The molecule has 1 unspecified atom stereocenters. The molecule has 0 saturated heterocycles. The molecule has 106 valence electrons. The van der Waals surface area contributed by atoms with Gasteiger partial charge in [-0.15, -0.1) is 0 Å². The van der Waals surface area contributed by atoms with Crippen LogP contribution in [0, 0.1) is 11.7 Å². The molecule has 3 nitrogen and oxygen atoms in total. The third-order valence-corrected chi connectivity index (χ3v) is 3.56. The molecule has 0 amide bonds. The number of nitrogens with one attached hydrogen (secondary N) is 1. The Morgan fingerprint density at radius 3 is 2.58 bits per heavy atom. The summed E-state index contributed by atoms with van der Waals surface area (Å²) in [5, 5.41) is 3.14. The summed E-state index contributed by atoms with van der Waals surface area (Å²) in [6.45, 7) is -1.06. The lowest BCUT2D eigenvalue weighted by atomic mass is 9.80. The van der Waals surface area contributed by atoms with Gasteiger partial charge in [-0.25, -0.2) is 4.39 Å². The molecule has 1 saturated carbocycles. The van der Waals surface area contributed by atoms with Gasteiger partial charge in [0.2, 0.25) is 0 Å². The van der Waals surface area contributed by atoms with Crippen LogP contribution < -0.4 is 15.8 Å². The Balaban J connectivity index is 2.14. The largest absolute Gasteiger partial charge is 0.432 e. The van der Waals surface area contributed by atoms with E-state index in [1.54, 1.807) is 0 Å². The molecule has 0 spiro atoms. The third-order valence-electron chi connectivity index (χ3n) is 3.56. The van der Waals surface area contributed by atoms with Crippen molar-refractivity contribution >= 4 is 11.4 Å². The van der Waals surface area contributed by atoms with Crippen LogP contribution in [-0.2, 0) is 0 Å². The first kappa shape index (κ1) is 13.8. The lowest BCUT2D eigenvalue weighted by molar-refractivity contribution is -0.0521. The zero-order valence-electron chi connectivity index (χ0n) is 10.6. The molecule has 1 atom stereocenters. The van der Waals surface area contributed by atoms with Crippen molar-refractivity contribution in [2.24, 2.45) is 5.92 Å². The molecule has 0 bridgehead atoms. The fourth-order valence-corrected chi connectivity index (χ4v) is 2.18. The Morgan fingerprint density at radius 2 is 2.05 bits per heavy atom. The van der Waals surface area contributed by atoms with Gasteiger partial charge < -0.3 is 15.8 Å². The Kier molecular flexibility index (Phi) is 4.07. The second-order valence-electron chi connectivity index (χ2n) is 4.87. The Labute approximate surface area is 109 Å². The number of hydrogen-bond acceptors (Lipinski definition) is 3. The number of ether oxygens (including phenoxy) is 1. The van der Waals surface area contributed by atoms with E-state index >= 15 is 0 Å². The first-order valence-electron chi connectivity index (χ1n) is 6.27. The molecule has 6 heteroatoms. The van der Waals surface area contributed by atoms with Crippen LogP contribution in [-0.4, -0.2) is 12.7 Å². The smallest absolute Gasteiger partial charge is 0.387 e. The molecule has 3 N–H and O–H groups in total. The number of alkyl halides is 2. The van der Waals surface area contributed by atoms with Crippen LogP contribution in [0.4, 0.5) is 24.5 Å². The molecule has 19 heavy (non-hydrogen) atoms. The lowest BCUT2D eigenvalue weighted by Gasteiger charge is -2.32. The van der Waals surface area contributed by atoms with Gasteiger partial charge in [-0.2, -0.15) is 8.78 Å². The minimum atomic E-state index is -3.06. The van der Waals surface area contributed by atoms with Gasteiger partial charge >= 0.3 is 6.61 Å². The van der Waals surface area contributed by atoms with Gasteiger partial charge in [0.15, 0.2) is 11.6 Å². The fourth-order valence-electron chi connectivity index (χ4n) is 2.18. The molecule has 1 aromatic carbocycles. The van der Waals surface area contributed by atoms with Crippen molar-refractivity contribution in [3.8, 4) is 5.75 Å². The standard InChI is InChI=1S/C13H17F3N2O/c1-7(8-3-2-4-8)18-11-6-12(19-13(15)16)9(14)5-10(11)17/h5-8,13,18H,2-4,17H2,1H3. The number of hydrogen-bond donors (Lipinski definition) is 2. The minimum absolute atomic E-state index is 0.168. The summed E-state index contributed by atoms with van der Waals surface area (Å²) in [7, 11) is 0. The average molecular weight is 274 g/mol. The van der Waals surface area contributed by atoms with Gasteiger partial charge in [0, 0.05) is 18.2 Å². The molecule has 1 aliphatic rings. The number of rotatable bonds is 5. The number of benzene rings is 1. The van der Waals surface area contributed by atoms with Crippen molar-refractivity contribution in [3.05, 3.63) is 17.9 Å².